The Labute approximate surface area is 120 Å². The maximum absolute atomic E-state index is 13.8. The number of halogens is 9. The quantitative estimate of drug-likeness (QED) is 0.469. The van der Waals surface area contributed by atoms with Crippen LogP contribution >= 0.6 is 0 Å². The van der Waals surface area contributed by atoms with Crippen LogP contribution in [0.4, 0.5) is 39.5 Å². The van der Waals surface area contributed by atoms with E-state index in [2.05, 4.69) is 9.84 Å². The molecule has 0 unspecified atom stereocenters. The molecule has 0 aliphatic carbocycles. The minimum absolute atomic E-state index is 0.639. The number of aromatic nitrogens is 2. The number of ether oxygens (including phenoxy) is 1. The van der Waals surface area contributed by atoms with Crippen LogP contribution < -0.4 is 4.74 Å². The van der Waals surface area contributed by atoms with E-state index in [1.165, 1.54) is 0 Å². The number of hydrogen-bond donors (Lipinski definition) is 0. The van der Waals surface area contributed by atoms with Crippen LogP contribution in [0.1, 0.15) is 5.56 Å². The molecule has 1 aromatic heterocycles. The summed E-state index contributed by atoms with van der Waals surface area (Å²) in [6, 6.07) is 0. The fourth-order valence-corrected chi connectivity index (χ4v) is 1.69. The standard InChI is InChI=1S/C11H3F9N2O/c1-23-10-2(11(18,19)20)9(17)22(21-10)8-6(15)4(13)3(12)5(14)7(8)16/h1H3. The third-order valence-corrected chi connectivity index (χ3v) is 2.67. The molecule has 0 radical (unpaired) electrons. The van der Waals surface area contributed by atoms with Gasteiger partial charge in [0.05, 0.1) is 7.11 Å². The molecule has 126 valence electrons. The molecular weight excluding hydrogens is 347 g/mol. The topological polar surface area (TPSA) is 27.1 Å². The second-order valence-corrected chi connectivity index (χ2v) is 4.00. The Hall–Kier alpha value is -2.40. The van der Waals surface area contributed by atoms with Crippen LogP contribution in [-0.2, 0) is 6.18 Å². The summed E-state index contributed by atoms with van der Waals surface area (Å²) in [5, 5.41) is 2.76. The lowest BCUT2D eigenvalue weighted by atomic mass is 10.2. The molecule has 0 aliphatic heterocycles. The van der Waals surface area contributed by atoms with E-state index in [9.17, 15) is 39.5 Å². The van der Waals surface area contributed by atoms with E-state index < -0.39 is 63.0 Å². The molecular formula is C11H3F9N2O. The SMILES string of the molecule is COc1nn(-c2c(F)c(F)c(F)c(F)c2F)c(F)c1C(F)(F)F. The minimum atomic E-state index is -5.39. The highest BCUT2D eigenvalue weighted by molar-refractivity contribution is 5.40. The third kappa shape index (κ3) is 2.47. The Balaban J connectivity index is 2.87. The van der Waals surface area contributed by atoms with Gasteiger partial charge in [-0.1, -0.05) is 0 Å². The van der Waals surface area contributed by atoms with E-state index in [0.717, 1.165) is 0 Å². The highest BCUT2D eigenvalue weighted by atomic mass is 19.4. The molecule has 0 spiro atoms. The number of alkyl halides is 3. The van der Waals surface area contributed by atoms with E-state index in [1.54, 1.807) is 0 Å². The first kappa shape index (κ1) is 17.0. The van der Waals surface area contributed by atoms with Gasteiger partial charge in [0, 0.05) is 0 Å². The minimum Gasteiger partial charge on any atom is -0.479 e. The first-order chi connectivity index (χ1) is 10.5. The Morgan fingerprint density at radius 2 is 1.26 bits per heavy atom. The first-order valence-electron chi connectivity index (χ1n) is 5.43. The second-order valence-electron chi connectivity index (χ2n) is 4.00. The number of rotatable bonds is 2. The van der Waals surface area contributed by atoms with Crippen LogP contribution in [0, 0.1) is 35.0 Å². The van der Waals surface area contributed by atoms with Crippen LogP contribution in [0.15, 0.2) is 0 Å². The van der Waals surface area contributed by atoms with Crippen LogP contribution in [0.3, 0.4) is 0 Å². The number of hydrogen-bond acceptors (Lipinski definition) is 2. The van der Waals surface area contributed by atoms with Gasteiger partial charge in [-0.25, -0.2) is 22.0 Å². The number of nitrogens with zero attached hydrogens (tertiary/aromatic N) is 2. The van der Waals surface area contributed by atoms with E-state index in [0.29, 0.717) is 7.11 Å². The summed E-state index contributed by atoms with van der Waals surface area (Å²) >= 11 is 0. The Morgan fingerprint density at radius 1 is 0.826 bits per heavy atom. The monoisotopic (exact) mass is 350 g/mol. The van der Waals surface area contributed by atoms with Gasteiger partial charge in [0.15, 0.2) is 28.8 Å². The molecule has 0 atom stereocenters. The molecule has 12 heteroatoms. The normalized spacial score (nSPS) is 11.9. The van der Waals surface area contributed by atoms with Gasteiger partial charge in [-0.2, -0.15) is 22.2 Å². The van der Waals surface area contributed by atoms with Crippen molar-refractivity contribution in [1.29, 1.82) is 0 Å². The molecule has 0 amide bonds. The molecule has 0 fully saturated rings. The van der Waals surface area contributed by atoms with Crippen molar-refractivity contribution in [3.8, 4) is 11.6 Å². The zero-order chi connectivity index (χ0) is 17.7. The van der Waals surface area contributed by atoms with E-state index in [4.69, 9.17) is 0 Å². The average Bonchev–Trinajstić information content (AvgIpc) is 2.80. The van der Waals surface area contributed by atoms with E-state index >= 15 is 0 Å². The van der Waals surface area contributed by atoms with Crippen molar-refractivity contribution < 1.29 is 44.3 Å². The lowest BCUT2D eigenvalue weighted by Crippen LogP contribution is -2.14. The van der Waals surface area contributed by atoms with Gasteiger partial charge in [-0.05, 0) is 0 Å². The molecule has 2 aromatic rings. The van der Waals surface area contributed by atoms with E-state index in [1.807, 2.05) is 0 Å². The zero-order valence-corrected chi connectivity index (χ0v) is 10.7. The summed E-state index contributed by atoms with van der Waals surface area (Å²) < 4.78 is 121. The second kappa shape index (κ2) is 5.35. The Morgan fingerprint density at radius 3 is 1.61 bits per heavy atom. The van der Waals surface area contributed by atoms with E-state index in [-0.39, 0.29) is 0 Å². The fraction of sp³-hybridized carbons (Fsp3) is 0.182. The summed E-state index contributed by atoms with van der Waals surface area (Å²) in [5.74, 6) is -16.5. The van der Waals surface area contributed by atoms with Gasteiger partial charge < -0.3 is 4.74 Å². The van der Waals surface area contributed by atoms with Gasteiger partial charge >= 0.3 is 6.18 Å². The van der Waals surface area contributed by atoms with Crippen molar-refractivity contribution in [3.63, 3.8) is 0 Å². The van der Waals surface area contributed by atoms with Gasteiger partial charge in [0.25, 0.3) is 0 Å². The zero-order valence-electron chi connectivity index (χ0n) is 10.7. The van der Waals surface area contributed by atoms with Crippen molar-refractivity contribution in [2.45, 2.75) is 6.18 Å². The third-order valence-electron chi connectivity index (χ3n) is 2.67. The van der Waals surface area contributed by atoms with Crippen molar-refractivity contribution in [2.75, 3.05) is 7.11 Å². The Kier molecular flexibility index (Phi) is 3.95. The average molecular weight is 350 g/mol. The van der Waals surface area contributed by atoms with Crippen molar-refractivity contribution in [1.82, 2.24) is 9.78 Å². The highest BCUT2D eigenvalue weighted by Crippen LogP contribution is 2.39. The summed E-state index contributed by atoms with van der Waals surface area (Å²) in [4.78, 5) is 0. The summed E-state index contributed by atoms with van der Waals surface area (Å²) in [6.07, 6.45) is -5.39. The van der Waals surface area contributed by atoms with Crippen molar-refractivity contribution >= 4 is 0 Å². The molecule has 1 aromatic carbocycles. The van der Waals surface area contributed by atoms with Crippen LogP contribution in [0.2, 0.25) is 0 Å². The molecule has 3 nitrogen and oxygen atoms in total. The maximum Gasteiger partial charge on any atom is 0.426 e. The smallest absolute Gasteiger partial charge is 0.426 e. The van der Waals surface area contributed by atoms with Gasteiger partial charge in [-0.15, -0.1) is 5.10 Å². The predicted octanol–water partition coefficient (Wildman–Crippen LogP) is 3.73. The van der Waals surface area contributed by atoms with Crippen LogP contribution in [0.25, 0.3) is 5.69 Å². The molecule has 0 saturated heterocycles. The van der Waals surface area contributed by atoms with Gasteiger partial charge in [0.2, 0.25) is 17.6 Å². The van der Waals surface area contributed by atoms with Gasteiger partial charge in [0.1, 0.15) is 5.69 Å². The molecule has 2 rings (SSSR count). The molecule has 0 saturated carbocycles. The Bertz CT molecular complexity index is 752. The number of methoxy groups -OCH3 is 1. The van der Waals surface area contributed by atoms with Crippen molar-refractivity contribution in [3.05, 3.63) is 40.6 Å². The first-order valence-corrected chi connectivity index (χ1v) is 5.43. The number of benzene rings is 1. The summed E-state index contributed by atoms with van der Waals surface area (Å²) in [7, 11) is 0.639. The molecule has 23 heavy (non-hydrogen) atoms. The van der Waals surface area contributed by atoms with Crippen LogP contribution in [-0.4, -0.2) is 16.9 Å². The predicted molar refractivity (Wildman–Crippen MR) is 54.9 cm³/mol. The summed E-state index contributed by atoms with van der Waals surface area (Å²) in [6.45, 7) is 0. The largest absolute Gasteiger partial charge is 0.479 e. The highest BCUT2D eigenvalue weighted by Gasteiger charge is 2.43. The lowest BCUT2D eigenvalue weighted by Gasteiger charge is -2.08. The fourth-order valence-electron chi connectivity index (χ4n) is 1.69. The lowest BCUT2D eigenvalue weighted by molar-refractivity contribution is -0.141. The molecule has 0 bridgehead atoms. The maximum atomic E-state index is 13.8. The van der Waals surface area contributed by atoms with Crippen LogP contribution in [0.5, 0.6) is 5.88 Å². The molecule has 0 N–H and O–H groups in total. The summed E-state index contributed by atoms with van der Waals surface area (Å²) in [5.41, 5.74) is -4.17. The molecule has 0 aliphatic rings. The molecule has 1 heterocycles. The van der Waals surface area contributed by atoms with Gasteiger partial charge in [-0.3, -0.25) is 0 Å². The van der Waals surface area contributed by atoms with Crippen molar-refractivity contribution in [2.24, 2.45) is 0 Å².